The highest BCUT2D eigenvalue weighted by molar-refractivity contribution is 5.93. The maximum absolute atomic E-state index is 5.76. The number of aryl methyl sites for hydroxylation is 2. The van der Waals surface area contributed by atoms with Gasteiger partial charge in [0.05, 0.1) is 0 Å². The predicted octanol–water partition coefficient (Wildman–Crippen LogP) is 4.74. The fourth-order valence-corrected chi connectivity index (χ4v) is 3.73. The summed E-state index contributed by atoms with van der Waals surface area (Å²) in [4.78, 5) is 20.5. The minimum atomic E-state index is 0.277. The van der Waals surface area contributed by atoms with Gasteiger partial charge in [-0.05, 0) is 69.0 Å². The fraction of sp³-hybridized carbons (Fsp3) is 0.429. The van der Waals surface area contributed by atoms with Gasteiger partial charge in [-0.2, -0.15) is 19.9 Å². The van der Waals surface area contributed by atoms with Crippen LogP contribution in [-0.2, 0) is 6.42 Å². The zero-order chi connectivity index (χ0) is 27.0. The molecule has 9 heteroatoms. The number of anilines is 3. The number of nitrogens with one attached hydrogen (secondary N) is 3. The average molecular weight is 506 g/mol. The molecule has 0 radical (unpaired) electrons. The number of likely N-dealkylation sites (N-methyl/N-ethyl adjacent to an activating group) is 2. The quantitative estimate of drug-likeness (QED) is 0.150. The van der Waals surface area contributed by atoms with Crippen LogP contribution in [-0.4, -0.2) is 47.5 Å². The van der Waals surface area contributed by atoms with E-state index in [4.69, 9.17) is 5.84 Å². The van der Waals surface area contributed by atoms with E-state index < -0.39 is 0 Å². The number of aromatic nitrogens is 3. The van der Waals surface area contributed by atoms with E-state index in [0.29, 0.717) is 23.7 Å². The van der Waals surface area contributed by atoms with Crippen molar-refractivity contribution in [3.63, 3.8) is 0 Å². The molecule has 3 rings (SSSR count). The van der Waals surface area contributed by atoms with Crippen LogP contribution >= 0.6 is 0 Å². The first-order valence-electron chi connectivity index (χ1n) is 13.1. The van der Waals surface area contributed by atoms with Gasteiger partial charge in [0.2, 0.25) is 11.9 Å². The van der Waals surface area contributed by atoms with E-state index in [1.54, 1.807) is 0 Å². The minimum absolute atomic E-state index is 0.277. The molecule has 0 fully saturated rings. The minimum Gasteiger partial charge on any atom is -0.340 e. The van der Waals surface area contributed by atoms with Gasteiger partial charge in [-0.15, -0.1) is 0 Å². The molecule has 1 atom stereocenters. The molecule has 1 aromatic carbocycles. The summed E-state index contributed by atoms with van der Waals surface area (Å²) < 4.78 is 0. The zero-order valence-corrected chi connectivity index (χ0v) is 23.1. The van der Waals surface area contributed by atoms with Crippen LogP contribution in [0.2, 0.25) is 0 Å². The van der Waals surface area contributed by atoms with E-state index in [1.165, 1.54) is 11.1 Å². The molecule has 0 saturated heterocycles. The lowest BCUT2D eigenvalue weighted by Gasteiger charge is -2.21. The van der Waals surface area contributed by atoms with Gasteiger partial charge in [-0.3, -0.25) is 0 Å². The molecule has 1 aliphatic rings. The Balaban J connectivity index is 0.00000235. The SMILES string of the molecule is CC.CCc1ccc(Nc2nc(/N=C(\C=C\C3C=CC=CC3)NN)nc(N(CC)CCNC)n2)cc1C. The van der Waals surface area contributed by atoms with Crippen LogP contribution in [0.4, 0.5) is 23.5 Å². The Hall–Kier alpha value is -3.56. The Bertz CT molecular complexity index is 1090. The molecular formula is C28H43N9. The van der Waals surface area contributed by atoms with Crippen molar-refractivity contribution in [2.45, 2.75) is 47.5 Å². The maximum atomic E-state index is 5.76. The van der Waals surface area contributed by atoms with Crippen molar-refractivity contribution in [1.82, 2.24) is 25.7 Å². The number of aliphatic imine (C=N–C) groups is 1. The van der Waals surface area contributed by atoms with Gasteiger partial charge >= 0.3 is 0 Å². The summed E-state index contributed by atoms with van der Waals surface area (Å²) in [7, 11) is 1.93. The zero-order valence-electron chi connectivity index (χ0n) is 23.1. The number of hydrogen-bond donors (Lipinski definition) is 4. The summed E-state index contributed by atoms with van der Waals surface area (Å²) in [6, 6.07) is 6.27. The fourth-order valence-electron chi connectivity index (χ4n) is 3.73. The lowest BCUT2D eigenvalue weighted by atomic mass is 10.0. The third kappa shape index (κ3) is 9.44. The van der Waals surface area contributed by atoms with Crippen LogP contribution in [0.25, 0.3) is 0 Å². The molecule has 0 aliphatic heterocycles. The molecule has 1 aromatic heterocycles. The largest absolute Gasteiger partial charge is 0.340 e. The third-order valence-electron chi connectivity index (χ3n) is 5.77. The van der Waals surface area contributed by atoms with Crippen LogP contribution in [0.3, 0.4) is 0 Å². The van der Waals surface area contributed by atoms with E-state index in [9.17, 15) is 0 Å². The molecule has 1 heterocycles. The summed E-state index contributed by atoms with van der Waals surface area (Å²) in [5, 5.41) is 6.50. The first-order chi connectivity index (χ1) is 18.1. The number of allylic oxidation sites excluding steroid dienone is 5. The molecule has 0 bridgehead atoms. The number of rotatable bonds is 11. The maximum Gasteiger partial charge on any atom is 0.258 e. The van der Waals surface area contributed by atoms with Gasteiger partial charge in [0, 0.05) is 25.3 Å². The van der Waals surface area contributed by atoms with Crippen molar-refractivity contribution in [3.05, 3.63) is 65.8 Å². The lowest BCUT2D eigenvalue weighted by molar-refractivity contribution is 0.718. The normalized spacial score (nSPS) is 14.9. The highest BCUT2D eigenvalue weighted by Crippen LogP contribution is 2.22. The Morgan fingerprint density at radius 2 is 2.00 bits per heavy atom. The van der Waals surface area contributed by atoms with Gasteiger partial charge in [-0.1, -0.05) is 57.2 Å². The van der Waals surface area contributed by atoms with Gasteiger partial charge in [-0.25, -0.2) is 5.84 Å². The second-order valence-corrected chi connectivity index (χ2v) is 8.28. The van der Waals surface area contributed by atoms with Crippen molar-refractivity contribution in [2.75, 3.05) is 36.9 Å². The first-order valence-corrected chi connectivity index (χ1v) is 13.1. The van der Waals surface area contributed by atoms with Crippen molar-refractivity contribution in [1.29, 1.82) is 0 Å². The molecule has 37 heavy (non-hydrogen) atoms. The van der Waals surface area contributed by atoms with Crippen LogP contribution < -0.4 is 26.8 Å². The van der Waals surface area contributed by atoms with Gasteiger partial charge < -0.3 is 21.0 Å². The molecule has 1 unspecified atom stereocenters. The molecule has 0 spiro atoms. The van der Waals surface area contributed by atoms with Gasteiger partial charge in [0.15, 0.2) is 0 Å². The highest BCUT2D eigenvalue weighted by atomic mass is 15.3. The number of amidine groups is 1. The number of nitrogens with zero attached hydrogens (tertiary/aromatic N) is 5. The molecule has 200 valence electrons. The predicted molar refractivity (Wildman–Crippen MR) is 157 cm³/mol. The van der Waals surface area contributed by atoms with E-state index in [-0.39, 0.29) is 5.95 Å². The van der Waals surface area contributed by atoms with Crippen LogP contribution in [0.1, 0.15) is 45.2 Å². The Kier molecular flexibility index (Phi) is 13.0. The second-order valence-electron chi connectivity index (χ2n) is 8.28. The second kappa shape index (κ2) is 16.2. The van der Waals surface area contributed by atoms with Gasteiger partial charge in [0.25, 0.3) is 5.95 Å². The highest BCUT2D eigenvalue weighted by Gasteiger charge is 2.13. The standard InChI is InChI=1S/C26H37N9.C2H6/c1-5-21-13-14-22(18-19(21)3)29-24-31-25(33-26(32-24)35(6-2)17-16-28-4)30-23(34-27)15-12-20-10-8-7-9-11-20;1-2/h7-10,12-15,18,20,28H,5-6,11,16-17,27H2,1-4H3,(H2,29,30,31,32,33,34);1-2H3/b15-12+;. The molecule has 9 nitrogen and oxygen atoms in total. The van der Waals surface area contributed by atoms with Crippen molar-refractivity contribution < 1.29 is 0 Å². The van der Waals surface area contributed by atoms with E-state index in [0.717, 1.165) is 38.2 Å². The van der Waals surface area contributed by atoms with E-state index in [2.05, 4.69) is 92.0 Å². The van der Waals surface area contributed by atoms with Crippen LogP contribution in [0.5, 0.6) is 0 Å². The molecular weight excluding hydrogens is 462 g/mol. The average Bonchev–Trinajstić information content (AvgIpc) is 2.93. The summed E-state index contributed by atoms with van der Waals surface area (Å²) in [6.45, 7) is 12.7. The van der Waals surface area contributed by atoms with Crippen LogP contribution in [0.15, 0.2) is 59.6 Å². The molecule has 0 amide bonds. The smallest absolute Gasteiger partial charge is 0.258 e. The van der Waals surface area contributed by atoms with Crippen molar-refractivity contribution in [2.24, 2.45) is 16.8 Å². The Morgan fingerprint density at radius 1 is 1.19 bits per heavy atom. The van der Waals surface area contributed by atoms with E-state index >= 15 is 0 Å². The molecule has 5 N–H and O–H groups in total. The Morgan fingerprint density at radius 3 is 2.62 bits per heavy atom. The summed E-state index contributed by atoms with van der Waals surface area (Å²) in [6.07, 6.45) is 14.2. The van der Waals surface area contributed by atoms with Crippen molar-refractivity contribution in [3.8, 4) is 0 Å². The topological polar surface area (TPSA) is 116 Å². The molecule has 0 saturated carbocycles. The number of benzene rings is 1. The lowest BCUT2D eigenvalue weighted by Crippen LogP contribution is -2.32. The molecule has 1 aliphatic carbocycles. The van der Waals surface area contributed by atoms with Crippen LogP contribution in [0, 0.1) is 12.8 Å². The number of hydrogen-bond acceptors (Lipinski definition) is 8. The molecule has 2 aromatic rings. The summed E-state index contributed by atoms with van der Waals surface area (Å²) >= 11 is 0. The van der Waals surface area contributed by atoms with Gasteiger partial charge in [0.1, 0.15) is 5.84 Å². The van der Waals surface area contributed by atoms with E-state index in [1.807, 2.05) is 45.2 Å². The monoisotopic (exact) mass is 505 g/mol. The summed E-state index contributed by atoms with van der Waals surface area (Å²) in [5.74, 6) is 7.80. The number of hydrazine groups is 1. The first kappa shape index (κ1) is 29.7. The summed E-state index contributed by atoms with van der Waals surface area (Å²) in [5.41, 5.74) is 6.11. The third-order valence-corrected chi connectivity index (χ3v) is 5.77. The Labute approximate surface area is 222 Å². The number of nitrogens with two attached hydrogens (primary N) is 1. The van der Waals surface area contributed by atoms with Crippen molar-refractivity contribution >= 4 is 29.4 Å².